The van der Waals surface area contributed by atoms with E-state index < -0.39 is 12.3 Å². The fourth-order valence-electron chi connectivity index (χ4n) is 9.97. The second-order valence-corrected chi connectivity index (χ2v) is 22.8. The third-order valence-electron chi connectivity index (χ3n) is 14.3. The van der Waals surface area contributed by atoms with Crippen molar-refractivity contribution in [1.29, 1.82) is 0 Å². The summed E-state index contributed by atoms with van der Waals surface area (Å²) in [7, 11) is 0. The molecule has 0 N–H and O–H groups in total. The number of carboxylic acid groups (broad SMARTS) is 4. The monoisotopic (exact) mass is 1160 g/mol. The van der Waals surface area contributed by atoms with Crippen LogP contribution < -0.4 is 30.6 Å². The minimum absolute atomic E-state index is 0. The number of hydrogen-bond acceptors (Lipinski definition) is 10. The Labute approximate surface area is 557 Å². The number of hydrogen-bond donors (Lipinski definition) is 0. The summed E-state index contributed by atoms with van der Waals surface area (Å²) >= 11 is 3.51. The molecule has 0 aliphatic carbocycles. The van der Waals surface area contributed by atoms with Crippen LogP contribution in [0.1, 0.15) is 307 Å². The van der Waals surface area contributed by atoms with Crippen molar-refractivity contribution in [3.63, 3.8) is 0 Å². The van der Waals surface area contributed by atoms with E-state index >= 15 is 0 Å². The average molecular weight is 1160 g/mol. The average Bonchev–Trinajstić information content (AvgIpc) is 4.29. The van der Waals surface area contributed by atoms with Gasteiger partial charge in [-0.05, 0) is 85.9 Å². The summed E-state index contributed by atoms with van der Waals surface area (Å²) in [6.07, 6.45) is 55.3. The van der Waals surface area contributed by atoms with Crippen molar-refractivity contribution in [3.8, 4) is 11.5 Å². The van der Waals surface area contributed by atoms with E-state index in [2.05, 4.69) is 27.7 Å². The standard InChI is InChI=1S/2C30H52OS.2CH2O3.3Ca/c2*1-3-5-7-9-11-13-15-17-19-21-23-26-25-28(31)30-29(32-30)27(26)24-22-20-18-16-14-12-10-8-6-4-2;2*2-1(3)4;;;/h2*25,31H,3-24H2,1-2H3;2*(H2,2,3,4);;;/q;;;;3*+2/p-6. The predicted molar refractivity (Wildman–Crippen MR) is 310 cm³/mol. The molecule has 0 radical (unpaired) electrons. The van der Waals surface area contributed by atoms with Gasteiger partial charge in [0.1, 0.15) is 0 Å². The van der Waals surface area contributed by atoms with Crippen molar-refractivity contribution in [3.05, 3.63) is 34.4 Å². The molecule has 0 atom stereocenters. The van der Waals surface area contributed by atoms with Gasteiger partial charge in [-0.2, -0.15) is 0 Å². The number of carbonyl (C=O) groups is 2. The van der Waals surface area contributed by atoms with Gasteiger partial charge in [-0.15, -0.1) is 0 Å². The molecule has 8 nitrogen and oxygen atoms in total. The van der Waals surface area contributed by atoms with E-state index in [1.165, 1.54) is 291 Å². The number of aryl methyl sites for hydroxylation is 2. The summed E-state index contributed by atoms with van der Waals surface area (Å²) in [4.78, 5) is 21.5. The van der Waals surface area contributed by atoms with E-state index in [-0.39, 0.29) is 113 Å². The molecule has 2 heterocycles. The zero-order valence-electron chi connectivity index (χ0n) is 48.5. The van der Waals surface area contributed by atoms with Crippen LogP contribution >= 0.6 is 23.5 Å². The van der Waals surface area contributed by atoms with E-state index in [1.54, 1.807) is 34.7 Å². The van der Waals surface area contributed by atoms with Crippen LogP contribution in [0, 0.1) is 0 Å². The van der Waals surface area contributed by atoms with Gasteiger partial charge in [0.15, 0.2) is 0 Å². The van der Waals surface area contributed by atoms with E-state index in [4.69, 9.17) is 30.0 Å². The topological polar surface area (TPSA) is 172 Å². The smallest absolute Gasteiger partial charge is 0.872 e. The van der Waals surface area contributed by atoms with Gasteiger partial charge < -0.3 is 40.2 Å². The number of fused-ring (bicyclic) bond motifs is 2. The molecule has 416 valence electrons. The molecule has 13 heteroatoms. The van der Waals surface area contributed by atoms with Gasteiger partial charge in [-0.25, -0.2) is 0 Å². The summed E-state index contributed by atoms with van der Waals surface area (Å²) in [5.74, 6) is 0.581. The molecule has 0 aromatic heterocycles. The Balaban J connectivity index is -0.00000117. The fourth-order valence-corrected chi connectivity index (χ4v) is 11.8. The van der Waals surface area contributed by atoms with Gasteiger partial charge in [-0.3, -0.25) is 0 Å². The third kappa shape index (κ3) is 46.3. The first kappa shape index (κ1) is 80.3. The molecule has 0 saturated heterocycles. The molecule has 0 amide bonds. The van der Waals surface area contributed by atoms with Crippen LogP contribution in [0.4, 0.5) is 9.59 Å². The van der Waals surface area contributed by atoms with Gasteiger partial charge >= 0.3 is 113 Å². The molecule has 4 rings (SSSR count). The number of carbonyl (C=O) groups excluding carboxylic acids is 2. The molecule has 0 unspecified atom stereocenters. The Morgan fingerprint density at radius 2 is 0.480 bits per heavy atom. The molecule has 0 bridgehead atoms. The van der Waals surface area contributed by atoms with Crippen LogP contribution in [0.2, 0.25) is 0 Å². The largest absolute Gasteiger partial charge is 2.00 e. The van der Waals surface area contributed by atoms with E-state index in [0.29, 0.717) is 11.5 Å². The quantitative estimate of drug-likeness (QED) is 0.0236. The van der Waals surface area contributed by atoms with Crippen molar-refractivity contribution < 1.29 is 40.2 Å². The van der Waals surface area contributed by atoms with Crippen molar-refractivity contribution in [2.24, 2.45) is 0 Å². The molecule has 0 spiro atoms. The first-order valence-corrected chi connectivity index (χ1v) is 31.5. The Morgan fingerprint density at radius 1 is 0.307 bits per heavy atom. The Bertz CT molecular complexity index is 1540. The summed E-state index contributed by atoms with van der Waals surface area (Å²) < 4.78 is 0. The Morgan fingerprint density at radius 3 is 0.680 bits per heavy atom. The molecule has 2 aliphatic heterocycles. The van der Waals surface area contributed by atoms with Gasteiger partial charge in [0.2, 0.25) is 0 Å². The Kier molecular flexibility index (Phi) is 60.9. The SMILES string of the molecule is CCCCCCCCCCCCc1cc([O-])c2c(c1CCCCCCCCCCCC)S2.CCCCCCCCCCCCc1cc([O-])c2c(c1CCCCCCCCCCCC)S2.O=C([O-])[O-].O=C([O-])[O-].[Ca+2].[Ca+2].[Ca+2]. The van der Waals surface area contributed by atoms with E-state index in [9.17, 15) is 10.2 Å². The summed E-state index contributed by atoms with van der Waals surface area (Å²) in [5, 5.41) is 57.8. The molecule has 0 fully saturated rings. The minimum Gasteiger partial charge on any atom is -0.872 e. The molecule has 75 heavy (non-hydrogen) atoms. The third-order valence-corrected chi connectivity index (χ3v) is 16.4. The van der Waals surface area contributed by atoms with Gasteiger partial charge in [0.25, 0.3) is 0 Å². The maximum atomic E-state index is 12.2. The molecule has 2 aromatic rings. The maximum absolute atomic E-state index is 12.2. The number of unbranched alkanes of at least 4 members (excludes halogenated alkanes) is 36. The van der Waals surface area contributed by atoms with Crippen molar-refractivity contribution >= 4 is 149 Å². The van der Waals surface area contributed by atoms with Gasteiger partial charge in [0.05, 0.1) is 0 Å². The molecular formula is C62H102Ca3O8S2. The van der Waals surface area contributed by atoms with Crippen LogP contribution in [0.3, 0.4) is 0 Å². The van der Waals surface area contributed by atoms with Crippen LogP contribution in [0.25, 0.3) is 0 Å². The minimum atomic E-state index is -2.33. The first-order valence-electron chi connectivity index (χ1n) is 29.8. The van der Waals surface area contributed by atoms with Gasteiger partial charge in [0, 0.05) is 19.6 Å². The zero-order chi connectivity index (χ0) is 52.9. The maximum Gasteiger partial charge on any atom is 2.00 e. The van der Waals surface area contributed by atoms with Crippen molar-refractivity contribution in [1.82, 2.24) is 0 Å². The molecular weight excluding hydrogens is 1060 g/mol. The van der Waals surface area contributed by atoms with Crippen molar-refractivity contribution in [2.45, 2.75) is 330 Å². The van der Waals surface area contributed by atoms with Crippen molar-refractivity contribution in [2.75, 3.05) is 0 Å². The summed E-state index contributed by atoms with van der Waals surface area (Å²) in [6.45, 7) is 9.15. The normalized spacial score (nSPS) is 11.1. The summed E-state index contributed by atoms with van der Waals surface area (Å²) in [5.41, 5.74) is 5.85. The van der Waals surface area contributed by atoms with Crippen LogP contribution in [-0.2, 0) is 25.7 Å². The zero-order valence-corrected chi connectivity index (χ0v) is 56.7. The molecule has 2 aromatic carbocycles. The predicted octanol–water partition coefficient (Wildman–Crippen LogP) is 14.3. The fraction of sp³-hybridized carbons (Fsp3) is 0.774. The second kappa shape index (κ2) is 56.9. The van der Waals surface area contributed by atoms with Crippen LogP contribution in [0.5, 0.6) is 11.5 Å². The summed E-state index contributed by atoms with van der Waals surface area (Å²) in [6, 6.07) is 3.97. The second-order valence-electron chi connectivity index (χ2n) is 20.8. The number of rotatable bonds is 44. The molecule has 2 aliphatic rings. The first-order chi connectivity index (χ1) is 35.0. The Hall–Kier alpha value is 1.06. The van der Waals surface area contributed by atoms with Crippen LogP contribution in [0.15, 0.2) is 31.7 Å². The number of benzene rings is 2. The van der Waals surface area contributed by atoms with Gasteiger partial charge in [-0.1, -0.05) is 306 Å². The molecule has 0 saturated carbocycles. The van der Waals surface area contributed by atoms with E-state index in [1.807, 2.05) is 12.1 Å². The van der Waals surface area contributed by atoms with E-state index in [0.717, 1.165) is 22.6 Å². The van der Waals surface area contributed by atoms with Crippen LogP contribution in [-0.4, -0.2) is 126 Å².